The third kappa shape index (κ3) is 5.62. The van der Waals surface area contributed by atoms with Gasteiger partial charge in [-0.25, -0.2) is 9.69 Å². The largest absolute Gasteiger partial charge is 0.488 e. The van der Waals surface area contributed by atoms with Crippen LogP contribution in [0.25, 0.3) is 6.08 Å². The Labute approximate surface area is 228 Å². The molecule has 1 heterocycles. The first-order valence-electron chi connectivity index (χ1n) is 10.2. The van der Waals surface area contributed by atoms with Crippen LogP contribution < -0.4 is 15.0 Å². The summed E-state index contributed by atoms with van der Waals surface area (Å²) in [6, 6.07) is 14.6. The van der Waals surface area contributed by atoms with E-state index >= 15 is 0 Å². The van der Waals surface area contributed by atoms with Crippen molar-refractivity contribution in [2.45, 2.75) is 13.5 Å². The van der Waals surface area contributed by atoms with E-state index in [1.54, 1.807) is 48.5 Å². The lowest BCUT2D eigenvalue weighted by Gasteiger charge is -2.26. The molecule has 4 amide bonds. The number of imide groups is 2. The predicted octanol–water partition coefficient (Wildman–Crippen LogP) is 7.07. The summed E-state index contributed by atoms with van der Waals surface area (Å²) in [5, 5.41) is 3.13. The monoisotopic (exact) mass is 636 g/mol. The normalized spacial score (nSPS) is 14.9. The number of anilines is 1. The molecule has 0 aliphatic carbocycles. The molecule has 178 valence electrons. The second kappa shape index (κ2) is 10.5. The van der Waals surface area contributed by atoms with E-state index in [1.165, 1.54) is 6.08 Å². The molecule has 35 heavy (non-hydrogen) atoms. The summed E-state index contributed by atoms with van der Waals surface area (Å²) in [5.41, 5.74) is 2.44. The minimum Gasteiger partial charge on any atom is -0.488 e. The van der Waals surface area contributed by atoms with Crippen molar-refractivity contribution in [1.82, 2.24) is 5.32 Å². The first kappa shape index (κ1) is 25.4. The zero-order valence-electron chi connectivity index (χ0n) is 18.1. The van der Waals surface area contributed by atoms with Crippen LogP contribution >= 0.6 is 55.1 Å². The number of amides is 4. The maximum absolute atomic E-state index is 13.1. The van der Waals surface area contributed by atoms with E-state index in [1.807, 2.05) is 13.0 Å². The number of ether oxygens (including phenoxy) is 1. The molecule has 0 spiro atoms. The van der Waals surface area contributed by atoms with Gasteiger partial charge in [-0.15, -0.1) is 0 Å². The predicted molar refractivity (Wildman–Crippen MR) is 143 cm³/mol. The van der Waals surface area contributed by atoms with E-state index in [9.17, 15) is 14.4 Å². The van der Waals surface area contributed by atoms with Gasteiger partial charge < -0.3 is 4.74 Å². The molecular weight excluding hydrogens is 623 g/mol. The summed E-state index contributed by atoms with van der Waals surface area (Å²) in [4.78, 5) is 39.0. The van der Waals surface area contributed by atoms with Gasteiger partial charge in [-0.2, -0.15) is 0 Å². The molecule has 4 rings (SSSR count). The molecule has 1 fully saturated rings. The van der Waals surface area contributed by atoms with Crippen molar-refractivity contribution < 1.29 is 19.1 Å². The van der Waals surface area contributed by atoms with Crippen LogP contribution in [-0.4, -0.2) is 17.8 Å². The third-order valence-corrected chi connectivity index (χ3v) is 7.40. The number of nitrogens with one attached hydrogen (secondary N) is 1. The molecule has 0 unspecified atom stereocenters. The van der Waals surface area contributed by atoms with Crippen molar-refractivity contribution >= 4 is 84.7 Å². The number of hydrogen-bond acceptors (Lipinski definition) is 4. The van der Waals surface area contributed by atoms with Gasteiger partial charge in [0.05, 0.1) is 20.2 Å². The Morgan fingerprint density at radius 3 is 2.40 bits per heavy atom. The molecule has 0 atom stereocenters. The van der Waals surface area contributed by atoms with Crippen LogP contribution in [0.2, 0.25) is 10.0 Å². The molecular formula is C25H16Br2Cl2N2O4. The lowest BCUT2D eigenvalue weighted by atomic mass is 10.1. The van der Waals surface area contributed by atoms with E-state index < -0.39 is 17.8 Å². The van der Waals surface area contributed by atoms with Crippen molar-refractivity contribution in [1.29, 1.82) is 0 Å². The van der Waals surface area contributed by atoms with E-state index in [0.29, 0.717) is 31.5 Å². The third-order valence-electron chi connectivity index (χ3n) is 5.15. The van der Waals surface area contributed by atoms with Gasteiger partial charge in [-0.3, -0.25) is 14.9 Å². The smallest absolute Gasteiger partial charge is 0.335 e. The molecule has 0 aromatic heterocycles. The van der Waals surface area contributed by atoms with Gasteiger partial charge in [0.15, 0.2) is 0 Å². The van der Waals surface area contributed by atoms with Crippen molar-refractivity contribution in [3.8, 4) is 5.75 Å². The van der Waals surface area contributed by atoms with Gasteiger partial charge in [-0.1, -0.05) is 51.3 Å². The fourth-order valence-electron chi connectivity index (χ4n) is 3.34. The Morgan fingerprint density at radius 2 is 1.71 bits per heavy atom. The molecule has 0 bridgehead atoms. The molecule has 1 aliphatic rings. The average Bonchev–Trinajstić information content (AvgIpc) is 2.80. The maximum Gasteiger partial charge on any atom is 0.335 e. The quantitative estimate of drug-likeness (QED) is 0.240. The lowest BCUT2D eigenvalue weighted by molar-refractivity contribution is -0.122. The first-order valence-corrected chi connectivity index (χ1v) is 12.5. The van der Waals surface area contributed by atoms with Gasteiger partial charge in [0.2, 0.25) is 0 Å². The topological polar surface area (TPSA) is 75.7 Å². The minimum absolute atomic E-state index is 0.165. The number of rotatable bonds is 5. The van der Waals surface area contributed by atoms with Crippen molar-refractivity contribution in [3.05, 3.63) is 95.9 Å². The number of halogens is 4. The fraction of sp³-hybridized carbons (Fsp3) is 0.0800. The van der Waals surface area contributed by atoms with Crippen LogP contribution in [0, 0.1) is 6.92 Å². The van der Waals surface area contributed by atoms with Crippen LogP contribution in [0.3, 0.4) is 0 Å². The van der Waals surface area contributed by atoms with Crippen LogP contribution in [0.4, 0.5) is 10.5 Å². The number of barbiturate groups is 1. The zero-order valence-corrected chi connectivity index (χ0v) is 22.8. The number of nitrogens with zero attached hydrogens (tertiary/aromatic N) is 1. The van der Waals surface area contributed by atoms with Gasteiger partial charge in [0.25, 0.3) is 11.8 Å². The van der Waals surface area contributed by atoms with Gasteiger partial charge >= 0.3 is 6.03 Å². The van der Waals surface area contributed by atoms with E-state index in [4.69, 9.17) is 27.9 Å². The summed E-state index contributed by atoms with van der Waals surface area (Å²) in [6.45, 7) is 2.10. The molecule has 3 aromatic carbocycles. The zero-order chi connectivity index (χ0) is 25.3. The number of carbonyl (C=O) groups is 3. The fourth-order valence-corrected chi connectivity index (χ4v) is 4.42. The Kier molecular flexibility index (Phi) is 7.66. The SMILES string of the molecule is Cc1cc(N2C(=O)NC(=O)/C(=C\c3ccc(OCc4ccc(Cl)c(Cl)c4)c(Br)c3)C2=O)ccc1Br. The van der Waals surface area contributed by atoms with Crippen LogP contribution in [0.5, 0.6) is 5.75 Å². The van der Waals surface area contributed by atoms with Crippen molar-refractivity contribution in [2.75, 3.05) is 4.90 Å². The van der Waals surface area contributed by atoms with Crippen molar-refractivity contribution in [2.24, 2.45) is 0 Å². The first-order chi connectivity index (χ1) is 16.6. The number of hydrogen-bond donors (Lipinski definition) is 1. The molecule has 1 N–H and O–H groups in total. The molecule has 0 radical (unpaired) electrons. The number of urea groups is 1. The Hall–Kier alpha value is -2.65. The molecule has 1 aliphatic heterocycles. The summed E-state index contributed by atoms with van der Waals surface area (Å²) >= 11 is 18.8. The maximum atomic E-state index is 13.1. The average molecular weight is 639 g/mol. The van der Waals surface area contributed by atoms with Crippen LogP contribution in [0.15, 0.2) is 69.1 Å². The molecule has 3 aromatic rings. The molecule has 1 saturated heterocycles. The summed E-state index contributed by atoms with van der Waals surface area (Å²) in [5.74, 6) is -0.919. The molecule has 10 heteroatoms. The van der Waals surface area contributed by atoms with E-state index in [2.05, 4.69) is 37.2 Å². The van der Waals surface area contributed by atoms with Gasteiger partial charge in [-0.05, 0) is 88.1 Å². The van der Waals surface area contributed by atoms with Gasteiger partial charge in [0, 0.05) is 4.47 Å². The number of aryl methyl sites for hydroxylation is 1. The standard InChI is InChI=1S/C25H16Br2Cl2N2O4/c1-13-8-16(4-5-18(13)26)31-24(33)17(23(32)30-25(31)34)9-14-3-7-22(19(27)10-14)35-12-15-2-6-20(28)21(29)11-15/h2-11H,12H2,1H3,(H,30,32,34)/b17-9+. The highest BCUT2D eigenvalue weighted by atomic mass is 79.9. The lowest BCUT2D eigenvalue weighted by Crippen LogP contribution is -2.54. The highest BCUT2D eigenvalue weighted by Crippen LogP contribution is 2.30. The van der Waals surface area contributed by atoms with Crippen molar-refractivity contribution in [3.63, 3.8) is 0 Å². The Morgan fingerprint density at radius 1 is 0.943 bits per heavy atom. The highest BCUT2D eigenvalue weighted by Gasteiger charge is 2.36. The molecule has 6 nitrogen and oxygen atoms in total. The van der Waals surface area contributed by atoms with Crippen LogP contribution in [-0.2, 0) is 16.2 Å². The Bertz CT molecular complexity index is 1410. The second-order valence-electron chi connectivity index (χ2n) is 7.62. The summed E-state index contributed by atoms with van der Waals surface area (Å²) < 4.78 is 7.30. The number of carbonyl (C=O) groups excluding carboxylic acids is 3. The Balaban J connectivity index is 1.56. The summed E-state index contributed by atoms with van der Waals surface area (Å²) in [6.07, 6.45) is 1.43. The molecule has 0 saturated carbocycles. The minimum atomic E-state index is -0.800. The van der Waals surface area contributed by atoms with E-state index in [0.717, 1.165) is 20.5 Å². The van der Waals surface area contributed by atoms with Gasteiger partial charge in [0.1, 0.15) is 17.9 Å². The second-order valence-corrected chi connectivity index (χ2v) is 10.1. The van der Waals surface area contributed by atoms with E-state index in [-0.39, 0.29) is 12.2 Å². The number of benzene rings is 3. The highest BCUT2D eigenvalue weighted by molar-refractivity contribution is 9.10. The summed E-state index contributed by atoms with van der Waals surface area (Å²) in [7, 11) is 0. The van der Waals surface area contributed by atoms with Crippen LogP contribution in [0.1, 0.15) is 16.7 Å².